The van der Waals surface area contributed by atoms with E-state index in [2.05, 4.69) is 13.5 Å². The molecule has 0 saturated heterocycles. The molecule has 0 unspecified atom stereocenters. The second kappa shape index (κ2) is 2.45. The van der Waals surface area contributed by atoms with Gasteiger partial charge in [-0.05, 0) is 31.1 Å². The molecule has 2 saturated carbocycles. The second-order valence-corrected chi connectivity index (χ2v) is 4.30. The van der Waals surface area contributed by atoms with Crippen LogP contribution in [0.4, 0.5) is 0 Å². The quantitative estimate of drug-likeness (QED) is 0.544. The summed E-state index contributed by atoms with van der Waals surface area (Å²) >= 11 is 0. The molecule has 1 heteroatoms. The van der Waals surface area contributed by atoms with Crippen molar-refractivity contribution in [3.05, 3.63) is 12.2 Å². The van der Waals surface area contributed by atoms with E-state index in [-0.39, 0.29) is 5.92 Å². The van der Waals surface area contributed by atoms with Crippen molar-refractivity contribution in [2.75, 3.05) is 0 Å². The van der Waals surface area contributed by atoms with Gasteiger partial charge in [0.15, 0.2) is 0 Å². The van der Waals surface area contributed by atoms with Gasteiger partial charge in [0.2, 0.25) is 0 Å². The Morgan fingerprint density at radius 2 is 2.42 bits per heavy atom. The third-order valence-corrected chi connectivity index (χ3v) is 3.72. The van der Waals surface area contributed by atoms with Gasteiger partial charge in [0, 0.05) is 12.3 Å². The Balaban J connectivity index is 2.25. The molecule has 2 aliphatic rings. The third kappa shape index (κ3) is 0.825. The molecule has 2 aliphatic carbocycles. The van der Waals surface area contributed by atoms with Gasteiger partial charge in [-0.3, -0.25) is 4.79 Å². The van der Waals surface area contributed by atoms with Gasteiger partial charge >= 0.3 is 0 Å². The van der Waals surface area contributed by atoms with Crippen LogP contribution in [0.5, 0.6) is 0 Å². The van der Waals surface area contributed by atoms with Gasteiger partial charge in [0.1, 0.15) is 5.78 Å². The molecular weight excluding hydrogens is 148 g/mol. The lowest BCUT2D eigenvalue weighted by Gasteiger charge is -2.53. The first kappa shape index (κ1) is 8.03. The van der Waals surface area contributed by atoms with Gasteiger partial charge in [-0.2, -0.15) is 0 Å². The van der Waals surface area contributed by atoms with E-state index in [0.29, 0.717) is 11.2 Å². The molecule has 0 aliphatic heterocycles. The molecule has 0 aromatic carbocycles. The molecule has 12 heavy (non-hydrogen) atoms. The molecule has 2 rings (SSSR count). The van der Waals surface area contributed by atoms with Gasteiger partial charge in [-0.25, -0.2) is 0 Å². The Hall–Kier alpha value is -0.590. The summed E-state index contributed by atoms with van der Waals surface area (Å²) in [6, 6.07) is 0. The van der Waals surface area contributed by atoms with Crippen LogP contribution in [0.15, 0.2) is 12.2 Å². The smallest absolute Gasteiger partial charge is 0.140 e. The molecule has 66 valence electrons. The zero-order chi connectivity index (χ0) is 8.77. The van der Waals surface area contributed by atoms with E-state index in [1.165, 1.54) is 12.0 Å². The summed E-state index contributed by atoms with van der Waals surface area (Å²) in [5, 5.41) is 0. The molecule has 0 N–H and O–H groups in total. The number of hydrogen-bond acceptors (Lipinski definition) is 1. The highest BCUT2D eigenvalue weighted by atomic mass is 16.1. The Morgan fingerprint density at radius 3 is 2.92 bits per heavy atom. The highest BCUT2D eigenvalue weighted by Crippen LogP contribution is 2.58. The minimum absolute atomic E-state index is 0.247. The number of ketones is 1. The normalized spacial score (nSPS) is 40.6. The lowest BCUT2D eigenvalue weighted by atomic mass is 9.50. The first-order valence-corrected chi connectivity index (χ1v) is 4.90. The predicted octanol–water partition coefficient (Wildman–Crippen LogP) is 2.71. The molecule has 0 heterocycles. The molecule has 0 aromatic heterocycles. The monoisotopic (exact) mass is 164 g/mol. The summed E-state index contributed by atoms with van der Waals surface area (Å²) in [6.45, 7) is 6.17. The van der Waals surface area contributed by atoms with Crippen molar-refractivity contribution in [3.8, 4) is 0 Å². The van der Waals surface area contributed by atoms with Crippen LogP contribution >= 0.6 is 0 Å². The van der Waals surface area contributed by atoms with Crippen molar-refractivity contribution in [1.82, 2.24) is 0 Å². The average molecular weight is 164 g/mol. The van der Waals surface area contributed by atoms with E-state index in [9.17, 15) is 4.79 Å². The fourth-order valence-corrected chi connectivity index (χ4v) is 3.03. The molecule has 0 bridgehead atoms. The van der Waals surface area contributed by atoms with Gasteiger partial charge in [0.05, 0.1) is 0 Å². The van der Waals surface area contributed by atoms with Crippen molar-refractivity contribution in [1.29, 1.82) is 0 Å². The average Bonchev–Trinajstić information content (AvgIpc) is 2.01. The zero-order valence-electron chi connectivity index (χ0n) is 7.73. The Morgan fingerprint density at radius 1 is 1.67 bits per heavy atom. The number of Topliss-reactive ketones (excluding diaryl/α,β-unsaturated/α-hetero) is 1. The van der Waals surface area contributed by atoms with Crippen LogP contribution in [0, 0.1) is 11.3 Å². The first-order chi connectivity index (χ1) is 5.69. The maximum absolute atomic E-state index is 11.6. The Kier molecular flexibility index (Phi) is 1.64. The van der Waals surface area contributed by atoms with Crippen LogP contribution in [-0.4, -0.2) is 5.78 Å². The fourth-order valence-electron chi connectivity index (χ4n) is 3.03. The van der Waals surface area contributed by atoms with E-state index >= 15 is 0 Å². The minimum Gasteiger partial charge on any atom is -0.299 e. The SMILES string of the molecule is C=C1C[C@@]2(CC)CCCC(=O)[C@@H]12. The number of fused-ring (bicyclic) bond motifs is 1. The lowest BCUT2D eigenvalue weighted by molar-refractivity contribution is -0.133. The van der Waals surface area contributed by atoms with E-state index in [1.807, 2.05) is 0 Å². The van der Waals surface area contributed by atoms with E-state index in [0.717, 1.165) is 25.7 Å². The fraction of sp³-hybridized carbons (Fsp3) is 0.727. The molecule has 0 aromatic rings. The van der Waals surface area contributed by atoms with E-state index in [4.69, 9.17) is 0 Å². The third-order valence-electron chi connectivity index (χ3n) is 3.72. The largest absolute Gasteiger partial charge is 0.299 e. The number of allylic oxidation sites excluding steroid dienone is 1. The minimum atomic E-state index is 0.247. The summed E-state index contributed by atoms with van der Waals surface area (Å²) in [7, 11) is 0. The summed E-state index contributed by atoms with van der Waals surface area (Å²) in [5.74, 6) is 0.704. The summed E-state index contributed by atoms with van der Waals surface area (Å²) in [6.07, 6.45) is 5.42. The maximum Gasteiger partial charge on any atom is 0.140 e. The number of hydrogen-bond donors (Lipinski definition) is 0. The van der Waals surface area contributed by atoms with Crippen LogP contribution in [0.25, 0.3) is 0 Å². The number of carbonyl (C=O) groups excluding carboxylic acids is 1. The van der Waals surface area contributed by atoms with Crippen LogP contribution in [0.1, 0.15) is 39.0 Å². The van der Waals surface area contributed by atoms with Crippen molar-refractivity contribution in [3.63, 3.8) is 0 Å². The standard InChI is InChI=1S/C11H16O/c1-3-11-6-4-5-9(12)10(11)8(2)7-11/h10H,2-7H2,1H3/t10-,11-/m1/s1. The Labute approximate surface area is 73.8 Å². The van der Waals surface area contributed by atoms with E-state index < -0.39 is 0 Å². The van der Waals surface area contributed by atoms with Crippen LogP contribution in [-0.2, 0) is 4.79 Å². The van der Waals surface area contributed by atoms with Crippen molar-refractivity contribution in [2.45, 2.75) is 39.0 Å². The van der Waals surface area contributed by atoms with Crippen molar-refractivity contribution in [2.24, 2.45) is 11.3 Å². The first-order valence-electron chi connectivity index (χ1n) is 4.90. The predicted molar refractivity (Wildman–Crippen MR) is 48.8 cm³/mol. The van der Waals surface area contributed by atoms with E-state index in [1.54, 1.807) is 0 Å². The van der Waals surface area contributed by atoms with Crippen LogP contribution < -0.4 is 0 Å². The van der Waals surface area contributed by atoms with Crippen LogP contribution in [0.3, 0.4) is 0 Å². The summed E-state index contributed by atoms with van der Waals surface area (Å²) in [4.78, 5) is 11.6. The zero-order valence-corrected chi connectivity index (χ0v) is 7.73. The molecule has 0 amide bonds. The topological polar surface area (TPSA) is 17.1 Å². The maximum atomic E-state index is 11.6. The number of rotatable bonds is 1. The van der Waals surface area contributed by atoms with Gasteiger partial charge in [-0.1, -0.05) is 19.1 Å². The molecule has 0 spiro atoms. The highest BCUT2D eigenvalue weighted by Gasteiger charge is 2.52. The van der Waals surface area contributed by atoms with Gasteiger partial charge in [0.25, 0.3) is 0 Å². The van der Waals surface area contributed by atoms with Crippen molar-refractivity contribution < 1.29 is 4.79 Å². The molecule has 0 radical (unpaired) electrons. The number of carbonyl (C=O) groups is 1. The highest BCUT2D eigenvalue weighted by molar-refractivity contribution is 5.87. The lowest BCUT2D eigenvalue weighted by Crippen LogP contribution is -2.48. The van der Waals surface area contributed by atoms with Gasteiger partial charge < -0.3 is 0 Å². The van der Waals surface area contributed by atoms with Crippen molar-refractivity contribution >= 4 is 5.78 Å². The summed E-state index contributed by atoms with van der Waals surface area (Å²) in [5.41, 5.74) is 1.55. The van der Waals surface area contributed by atoms with Gasteiger partial charge in [-0.15, -0.1) is 0 Å². The second-order valence-electron chi connectivity index (χ2n) is 4.30. The molecular formula is C11H16O. The molecule has 2 atom stereocenters. The molecule has 1 nitrogen and oxygen atoms in total. The molecule has 2 fully saturated rings. The summed E-state index contributed by atoms with van der Waals surface area (Å²) < 4.78 is 0. The Bertz CT molecular complexity index is 241. The van der Waals surface area contributed by atoms with Crippen LogP contribution in [0.2, 0.25) is 0 Å².